The van der Waals surface area contributed by atoms with Gasteiger partial charge in [0.1, 0.15) is 6.10 Å². The van der Waals surface area contributed by atoms with Crippen molar-refractivity contribution in [2.45, 2.75) is 44.0 Å². The molecular formula is C17H18O3. The highest BCUT2D eigenvalue weighted by Crippen LogP contribution is 2.53. The minimum absolute atomic E-state index is 0.0962. The molecule has 1 aromatic rings. The van der Waals surface area contributed by atoms with Crippen molar-refractivity contribution in [1.29, 1.82) is 0 Å². The first-order valence-electron chi connectivity index (χ1n) is 7.17. The first-order valence-corrected chi connectivity index (χ1v) is 7.17. The number of rotatable bonds is 0. The number of hydrogen-bond acceptors (Lipinski definition) is 3. The summed E-state index contributed by atoms with van der Waals surface area (Å²) in [6, 6.07) is 8.31. The number of hydrogen-bond donors (Lipinski definition) is 0. The highest BCUT2D eigenvalue weighted by Gasteiger charge is 2.65. The summed E-state index contributed by atoms with van der Waals surface area (Å²) in [6.45, 7) is 4.18. The van der Waals surface area contributed by atoms with Gasteiger partial charge in [-0.2, -0.15) is 0 Å². The lowest BCUT2D eigenvalue weighted by molar-refractivity contribution is -0.151. The zero-order chi connectivity index (χ0) is 14.0. The number of carbonyl (C=O) groups is 1. The van der Waals surface area contributed by atoms with Crippen LogP contribution >= 0.6 is 0 Å². The molecule has 0 amide bonds. The minimum Gasteiger partial charge on any atom is -0.455 e. The van der Waals surface area contributed by atoms with Crippen LogP contribution in [0.15, 0.2) is 30.3 Å². The Kier molecular flexibility index (Phi) is 2.27. The average Bonchev–Trinajstić information content (AvgIpc) is 2.68. The third-order valence-corrected chi connectivity index (χ3v) is 4.91. The molecule has 1 aliphatic carbocycles. The lowest BCUT2D eigenvalue weighted by atomic mass is 9.75. The number of carbonyl (C=O) groups excluding carboxylic acids is 1. The molecule has 0 radical (unpaired) electrons. The van der Waals surface area contributed by atoms with Crippen LogP contribution in [0.4, 0.5) is 0 Å². The summed E-state index contributed by atoms with van der Waals surface area (Å²) in [6.07, 6.45) is 5.29. The maximum Gasteiger partial charge on any atom is 0.309 e. The van der Waals surface area contributed by atoms with Gasteiger partial charge in [0.25, 0.3) is 0 Å². The Morgan fingerprint density at radius 2 is 2.05 bits per heavy atom. The fourth-order valence-corrected chi connectivity index (χ4v) is 4.09. The molecule has 3 aliphatic rings. The van der Waals surface area contributed by atoms with E-state index >= 15 is 0 Å². The van der Waals surface area contributed by atoms with E-state index < -0.39 is 5.60 Å². The second-order valence-corrected chi connectivity index (χ2v) is 6.56. The van der Waals surface area contributed by atoms with E-state index in [4.69, 9.17) is 9.47 Å². The number of esters is 1. The number of benzene rings is 1. The van der Waals surface area contributed by atoms with Crippen molar-refractivity contribution in [2.24, 2.45) is 5.92 Å². The summed E-state index contributed by atoms with van der Waals surface area (Å²) < 4.78 is 12.0. The van der Waals surface area contributed by atoms with Gasteiger partial charge in [0.2, 0.25) is 0 Å². The maximum atomic E-state index is 11.8. The molecule has 4 rings (SSSR count). The molecule has 104 valence electrons. The van der Waals surface area contributed by atoms with Crippen molar-refractivity contribution in [2.75, 3.05) is 0 Å². The van der Waals surface area contributed by atoms with E-state index in [1.165, 1.54) is 11.1 Å². The lowest BCUT2D eigenvalue weighted by Crippen LogP contribution is -2.45. The highest BCUT2D eigenvalue weighted by molar-refractivity contribution is 5.75. The van der Waals surface area contributed by atoms with Crippen molar-refractivity contribution >= 4 is 12.0 Å². The standard InChI is InChI=1S/C17H18O3/c1-16(2)13-8-7-11-5-3-4-6-12(11)10-17(13)14(19-16)9-15(18)20-17/h3-8,13-14H,9-10H2,1-2H3/t13-,14+,17+/m0/s1. The molecule has 0 bridgehead atoms. The van der Waals surface area contributed by atoms with E-state index in [0.717, 1.165) is 6.42 Å². The van der Waals surface area contributed by atoms with Crippen LogP contribution in [-0.4, -0.2) is 23.3 Å². The van der Waals surface area contributed by atoms with Crippen molar-refractivity contribution in [3.63, 3.8) is 0 Å². The van der Waals surface area contributed by atoms with E-state index in [1.807, 2.05) is 12.1 Å². The quantitative estimate of drug-likeness (QED) is 0.680. The highest BCUT2D eigenvalue weighted by atomic mass is 16.6. The van der Waals surface area contributed by atoms with Crippen LogP contribution < -0.4 is 0 Å². The lowest BCUT2D eigenvalue weighted by Gasteiger charge is -2.33. The van der Waals surface area contributed by atoms with Gasteiger partial charge < -0.3 is 9.47 Å². The van der Waals surface area contributed by atoms with Crippen LogP contribution in [0.2, 0.25) is 0 Å². The second kappa shape index (κ2) is 3.73. The largest absolute Gasteiger partial charge is 0.455 e. The molecule has 0 N–H and O–H groups in total. The Bertz CT molecular complexity index is 616. The zero-order valence-electron chi connectivity index (χ0n) is 11.8. The van der Waals surface area contributed by atoms with E-state index in [1.54, 1.807) is 0 Å². The summed E-state index contributed by atoms with van der Waals surface area (Å²) >= 11 is 0. The van der Waals surface area contributed by atoms with Crippen LogP contribution in [0.5, 0.6) is 0 Å². The molecule has 0 saturated carbocycles. The minimum atomic E-state index is -0.524. The molecule has 2 saturated heterocycles. The van der Waals surface area contributed by atoms with Gasteiger partial charge in [-0.25, -0.2) is 0 Å². The second-order valence-electron chi connectivity index (χ2n) is 6.56. The first-order chi connectivity index (χ1) is 9.51. The van der Waals surface area contributed by atoms with Gasteiger partial charge in [-0.1, -0.05) is 36.4 Å². The van der Waals surface area contributed by atoms with Crippen LogP contribution in [0, 0.1) is 5.92 Å². The number of ether oxygens (including phenoxy) is 2. The van der Waals surface area contributed by atoms with E-state index in [2.05, 4.69) is 38.1 Å². The smallest absolute Gasteiger partial charge is 0.309 e. The van der Waals surface area contributed by atoms with Crippen molar-refractivity contribution in [3.8, 4) is 0 Å². The van der Waals surface area contributed by atoms with E-state index in [-0.39, 0.29) is 23.6 Å². The predicted octanol–water partition coefficient (Wildman–Crippen LogP) is 2.74. The Balaban J connectivity index is 1.88. The Morgan fingerprint density at radius 3 is 2.90 bits per heavy atom. The molecule has 1 aromatic carbocycles. The maximum absolute atomic E-state index is 11.8. The molecule has 3 heteroatoms. The molecule has 20 heavy (non-hydrogen) atoms. The summed E-state index contributed by atoms with van der Waals surface area (Å²) in [5.74, 6) is -0.0397. The summed E-state index contributed by atoms with van der Waals surface area (Å²) in [7, 11) is 0. The third-order valence-electron chi connectivity index (χ3n) is 4.91. The Labute approximate surface area is 118 Å². The van der Waals surface area contributed by atoms with Gasteiger partial charge in [0, 0.05) is 12.3 Å². The van der Waals surface area contributed by atoms with Gasteiger partial charge in [-0.05, 0) is 25.0 Å². The van der Waals surface area contributed by atoms with Crippen molar-refractivity contribution < 1.29 is 14.3 Å². The van der Waals surface area contributed by atoms with Gasteiger partial charge >= 0.3 is 5.97 Å². The molecule has 2 fully saturated rings. The SMILES string of the molecule is CC1(C)O[C@@H]2CC(=O)O[C@@]23Cc2ccccc2C=C[C@@H]13. The molecule has 2 heterocycles. The molecule has 2 aliphatic heterocycles. The van der Waals surface area contributed by atoms with Crippen molar-refractivity contribution in [1.82, 2.24) is 0 Å². The van der Waals surface area contributed by atoms with Crippen molar-refractivity contribution in [3.05, 3.63) is 41.5 Å². The average molecular weight is 270 g/mol. The van der Waals surface area contributed by atoms with Gasteiger partial charge in [0.05, 0.1) is 12.0 Å². The van der Waals surface area contributed by atoms with Gasteiger partial charge in [0.15, 0.2) is 5.60 Å². The normalized spacial score (nSPS) is 36.8. The molecule has 3 nitrogen and oxygen atoms in total. The van der Waals surface area contributed by atoms with Crippen LogP contribution in [-0.2, 0) is 20.7 Å². The molecule has 0 aromatic heterocycles. The monoisotopic (exact) mass is 270 g/mol. The summed E-state index contributed by atoms with van der Waals surface area (Å²) in [5, 5.41) is 0. The van der Waals surface area contributed by atoms with E-state index in [9.17, 15) is 4.79 Å². The van der Waals surface area contributed by atoms with Gasteiger partial charge in [-0.15, -0.1) is 0 Å². The van der Waals surface area contributed by atoms with E-state index in [0.29, 0.717) is 6.42 Å². The predicted molar refractivity (Wildman–Crippen MR) is 75.1 cm³/mol. The summed E-state index contributed by atoms with van der Waals surface area (Å²) in [5.41, 5.74) is 1.62. The Morgan fingerprint density at radius 1 is 1.25 bits per heavy atom. The van der Waals surface area contributed by atoms with Crippen LogP contribution in [0.1, 0.15) is 31.4 Å². The fraction of sp³-hybridized carbons (Fsp3) is 0.471. The Hall–Kier alpha value is -1.61. The topological polar surface area (TPSA) is 35.5 Å². The molecule has 1 spiro atoms. The van der Waals surface area contributed by atoms with Crippen LogP contribution in [0.3, 0.4) is 0 Å². The van der Waals surface area contributed by atoms with Gasteiger partial charge in [-0.3, -0.25) is 4.79 Å². The first kappa shape index (κ1) is 12.2. The zero-order valence-corrected chi connectivity index (χ0v) is 11.8. The van der Waals surface area contributed by atoms with Crippen LogP contribution in [0.25, 0.3) is 6.08 Å². The third kappa shape index (κ3) is 1.47. The fourth-order valence-electron chi connectivity index (χ4n) is 4.09. The molecule has 3 atom stereocenters. The molecule has 0 unspecified atom stereocenters. The molecular weight excluding hydrogens is 252 g/mol. The number of fused-ring (bicyclic) bond motifs is 1. The summed E-state index contributed by atoms with van der Waals surface area (Å²) in [4.78, 5) is 11.8.